The summed E-state index contributed by atoms with van der Waals surface area (Å²) >= 11 is 0. The summed E-state index contributed by atoms with van der Waals surface area (Å²) in [5.74, 6) is 0.0700. The van der Waals surface area contributed by atoms with Gasteiger partial charge in [-0.25, -0.2) is 0 Å². The lowest BCUT2D eigenvalue weighted by molar-refractivity contribution is -0.131. The van der Waals surface area contributed by atoms with Crippen molar-refractivity contribution in [2.75, 3.05) is 6.54 Å². The zero-order valence-corrected chi connectivity index (χ0v) is 10.3. The molecule has 1 saturated carbocycles. The monoisotopic (exact) mass is 228 g/mol. The van der Waals surface area contributed by atoms with Crippen LogP contribution in [-0.2, 0) is 4.79 Å². The van der Waals surface area contributed by atoms with E-state index in [2.05, 4.69) is 5.32 Å². The van der Waals surface area contributed by atoms with E-state index in [0.717, 1.165) is 25.7 Å². The SMILES string of the molecule is CC(O)CC(C)NC(=O)C1(CN)CCCC1. The summed E-state index contributed by atoms with van der Waals surface area (Å²) in [6.45, 7) is 4.08. The highest BCUT2D eigenvalue weighted by atomic mass is 16.3. The molecule has 2 atom stereocenters. The molecular weight excluding hydrogens is 204 g/mol. The third-order valence-electron chi connectivity index (χ3n) is 3.51. The smallest absolute Gasteiger partial charge is 0.227 e. The zero-order chi connectivity index (χ0) is 12.2. The van der Waals surface area contributed by atoms with Crippen LogP contribution in [0.25, 0.3) is 0 Å². The number of hydrogen-bond donors (Lipinski definition) is 3. The van der Waals surface area contributed by atoms with E-state index in [1.165, 1.54) is 0 Å². The van der Waals surface area contributed by atoms with E-state index in [9.17, 15) is 9.90 Å². The van der Waals surface area contributed by atoms with Gasteiger partial charge in [-0.2, -0.15) is 0 Å². The van der Waals surface area contributed by atoms with Crippen LogP contribution in [0.4, 0.5) is 0 Å². The molecule has 0 bridgehead atoms. The standard InChI is InChI=1S/C12H24N2O2/c1-9(7-10(2)15)14-11(16)12(8-13)5-3-4-6-12/h9-10,15H,3-8,13H2,1-2H3,(H,14,16). The molecule has 4 nitrogen and oxygen atoms in total. The first kappa shape index (κ1) is 13.5. The van der Waals surface area contributed by atoms with Crippen LogP contribution in [0.3, 0.4) is 0 Å². The number of carbonyl (C=O) groups excluding carboxylic acids is 1. The van der Waals surface area contributed by atoms with Crippen molar-refractivity contribution < 1.29 is 9.90 Å². The molecule has 16 heavy (non-hydrogen) atoms. The number of nitrogens with one attached hydrogen (secondary N) is 1. The van der Waals surface area contributed by atoms with Crippen molar-refractivity contribution in [2.45, 2.75) is 58.1 Å². The van der Waals surface area contributed by atoms with Crippen molar-refractivity contribution in [2.24, 2.45) is 11.1 Å². The maximum atomic E-state index is 12.1. The van der Waals surface area contributed by atoms with Crippen LogP contribution >= 0.6 is 0 Å². The Labute approximate surface area is 97.6 Å². The van der Waals surface area contributed by atoms with Crippen LogP contribution in [0, 0.1) is 5.41 Å². The molecule has 4 heteroatoms. The molecule has 1 fully saturated rings. The van der Waals surface area contributed by atoms with Gasteiger partial charge in [-0.05, 0) is 33.1 Å². The average molecular weight is 228 g/mol. The predicted molar refractivity (Wildman–Crippen MR) is 63.9 cm³/mol. The highest BCUT2D eigenvalue weighted by Gasteiger charge is 2.40. The molecule has 1 amide bonds. The number of aliphatic hydroxyl groups is 1. The van der Waals surface area contributed by atoms with Gasteiger partial charge in [0.25, 0.3) is 0 Å². The Morgan fingerprint density at radius 2 is 2.00 bits per heavy atom. The molecule has 4 N–H and O–H groups in total. The molecule has 2 unspecified atom stereocenters. The Kier molecular flexibility index (Phi) is 4.74. The molecule has 0 aromatic rings. The fraction of sp³-hybridized carbons (Fsp3) is 0.917. The first-order valence-corrected chi connectivity index (χ1v) is 6.19. The van der Waals surface area contributed by atoms with E-state index < -0.39 is 0 Å². The Morgan fingerprint density at radius 1 is 1.44 bits per heavy atom. The second-order valence-electron chi connectivity index (χ2n) is 5.15. The molecule has 0 spiro atoms. The quantitative estimate of drug-likeness (QED) is 0.651. The number of rotatable bonds is 5. The van der Waals surface area contributed by atoms with E-state index >= 15 is 0 Å². The number of hydrogen-bond acceptors (Lipinski definition) is 3. The van der Waals surface area contributed by atoms with Crippen LogP contribution < -0.4 is 11.1 Å². The third-order valence-corrected chi connectivity index (χ3v) is 3.51. The molecule has 1 aliphatic rings. The number of amides is 1. The number of carbonyl (C=O) groups is 1. The van der Waals surface area contributed by atoms with Gasteiger partial charge in [-0.15, -0.1) is 0 Å². The second kappa shape index (κ2) is 5.64. The van der Waals surface area contributed by atoms with Crippen molar-refractivity contribution in [1.82, 2.24) is 5.32 Å². The van der Waals surface area contributed by atoms with E-state index in [4.69, 9.17) is 5.73 Å². The summed E-state index contributed by atoms with van der Waals surface area (Å²) in [5, 5.41) is 12.2. The van der Waals surface area contributed by atoms with Crippen LogP contribution in [0.5, 0.6) is 0 Å². The molecule has 0 heterocycles. The van der Waals surface area contributed by atoms with Crippen molar-refractivity contribution in [3.05, 3.63) is 0 Å². The highest BCUT2D eigenvalue weighted by Crippen LogP contribution is 2.37. The minimum Gasteiger partial charge on any atom is -0.393 e. The number of aliphatic hydroxyl groups excluding tert-OH is 1. The molecule has 0 aromatic heterocycles. The fourth-order valence-corrected chi connectivity index (χ4v) is 2.52. The van der Waals surface area contributed by atoms with Crippen LogP contribution in [0.1, 0.15) is 46.0 Å². The Balaban J connectivity index is 2.50. The minimum atomic E-state index is -0.382. The molecule has 0 aliphatic heterocycles. The minimum absolute atomic E-state index is 0.0107. The average Bonchev–Trinajstić information content (AvgIpc) is 2.65. The van der Waals surface area contributed by atoms with E-state index in [-0.39, 0.29) is 23.5 Å². The molecule has 1 aliphatic carbocycles. The topological polar surface area (TPSA) is 75.3 Å². The van der Waals surface area contributed by atoms with Gasteiger partial charge < -0.3 is 16.2 Å². The van der Waals surface area contributed by atoms with Gasteiger partial charge in [0, 0.05) is 12.6 Å². The first-order valence-electron chi connectivity index (χ1n) is 6.19. The lowest BCUT2D eigenvalue weighted by Gasteiger charge is -2.28. The lowest BCUT2D eigenvalue weighted by atomic mass is 9.85. The molecule has 0 saturated heterocycles. The van der Waals surface area contributed by atoms with Gasteiger partial charge in [0.1, 0.15) is 0 Å². The number of nitrogens with two attached hydrogens (primary N) is 1. The van der Waals surface area contributed by atoms with E-state index in [0.29, 0.717) is 13.0 Å². The normalized spacial score (nSPS) is 22.8. The molecule has 0 aromatic carbocycles. The summed E-state index contributed by atoms with van der Waals surface area (Å²) in [5.41, 5.74) is 5.40. The molecular formula is C12H24N2O2. The molecule has 94 valence electrons. The highest BCUT2D eigenvalue weighted by molar-refractivity contribution is 5.83. The van der Waals surface area contributed by atoms with Crippen LogP contribution in [0.2, 0.25) is 0 Å². The van der Waals surface area contributed by atoms with Crippen molar-refractivity contribution in [3.8, 4) is 0 Å². The predicted octanol–water partition coefficient (Wildman–Crippen LogP) is 0.781. The van der Waals surface area contributed by atoms with Gasteiger partial charge >= 0.3 is 0 Å². The Hall–Kier alpha value is -0.610. The Morgan fingerprint density at radius 3 is 2.44 bits per heavy atom. The van der Waals surface area contributed by atoms with Gasteiger partial charge in [-0.1, -0.05) is 12.8 Å². The summed E-state index contributed by atoms with van der Waals surface area (Å²) in [7, 11) is 0. The summed E-state index contributed by atoms with van der Waals surface area (Å²) < 4.78 is 0. The second-order valence-corrected chi connectivity index (χ2v) is 5.15. The van der Waals surface area contributed by atoms with Crippen molar-refractivity contribution >= 4 is 5.91 Å². The fourth-order valence-electron chi connectivity index (χ4n) is 2.52. The largest absolute Gasteiger partial charge is 0.393 e. The maximum absolute atomic E-state index is 12.1. The van der Waals surface area contributed by atoms with Gasteiger partial charge in [-0.3, -0.25) is 4.79 Å². The summed E-state index contributed by atoms with van der Waals surface area (Å²) in [4.78, 5) is 12.1. The summed E-state index contributed by atoms with van der Waals surface area (Å²) in [6, 6.07) is 0.0107. The van der Waals surface area contributed by atoms with Crippen LogP contribution in [0.15, 0.2) is 0 Å². The van der Waals surface area contributed by atoms with Crippen molar-refractivity contribution in [3.63, 3.8) is 0 Å². The Bertz CT molecular complexity index is 235. The zero-order valence-electron chi connectivity index (χ0n) is 10.3. The third kappa shape index (κ3) is 3.19. The lowest BCUT2D eigenvalue weighted by Crippen LogP contribution is -2.47. The molecule has 1 rings (SSSR count). The summed E-state index contributed by atoms with van der Waals surface area (Å²) in [6.07, 6.45) is 4.19. The first-order chi connectivity index (χ1) is 7.50. The van der Waals surface area contributed by atoms with E-state index in [1.807, 2.05) is 6.92 Å². The maximum Gasteiger partial charge on any atom is 0.227 e. The van der Waals surface area contributed by atoms with Crippen molar-refractivity contribution in [1.29, 1.82) is 0 Å². The van der Waals surface area contributed by atoms with Gasteiger partial charge in [0.15, 0.2) is 0 Å². The molecule has 0 radical (unpaired) electrons. The van der Waals surface area contributed by atoms with E-state index in [1.54, 1.807) is 6.92 Å². The van der Waals surface area contributed by atoms with Gasteiger partial charge in [0.05, 0.1) is 11.5 Å². The van der Waals surface area contributed by atoms with Gasteiger partial charge in [0.2, 0.25) is 5.91 Å². The van der Waals surface area contributed by atoms with Crippen LogP contribution in [-0.4, -0.2) is 29.7 Å².